The number of fused-ring (bicyclic) bond motifs is 1. The molecule has 0 aliphatic carbocycles. The monoisotopic (exact) mass is 233 g/mol. The topological polar surface area (TPSA) is 58.8 Å². The molecule has 0 unspecified atom stereocenters. The Hall–Kier alpha value is -1.86. The molecule has 2 aromatic heterocycles. The number of pyridine rings is 2. The zero-order chi connectivity index (χ0) is 11.7. The summed E-state index contributed by atoms with van der Waals surface area (Å²) in [7, 11) is 1.53. The lowest BCUT2D eigenvalue weighted by Crippen LogP contribution is -1.95. The fraction of sp³-hybridized carbons (Fsp3) is 0.182. The quantitative estimate of drug-likeness (QED) is 0.759. The van der Waals surface area contributed by atoms with Crippen LogP contribution in [0.15, 0.2) is 12.3 Å². The summed E-state index contributed by atoms with van der Waals surface area (Å²) in [5, 5.41) is 9.31. The number of ether oxygens (including phenoxy) is 1. The smallest absolute Gasteiger partial charge is 0.216 e. The first-order chi connectivity index (χ1) is 7.67. The van der Waals surface area contributed by atoms with Gasteiger partial charge < -0.3 is 4.74 Å². The van der Waals surface area contributed by atoms with Crippen molar-refractivity contribution in [2.75, 3.05) is 7.11 Å². The van der Waals surface area contributed by atoms with Crippen LogP contribution in [-0.4, -0.2) is 17.1 Å². The molecule has 0 radical (unpaired) electrons. The van der Waals surface area contributed by atoms with Crippen molar-refractivity contribution in [2.24, 2.45) is 0 Å². The molecule has 0 aliphatic heterocycles. The van der Waals surface area contributed by atoms with E-state index in [9.17, 15) is 0 Å². The molecule has 2 aromatic rings. The van der Waals surface area contributed by atoms with Crippen LogP contribution in [0.1, 0.15) is 11.1 Å². The molecule has 0 fully saturated rings. The van der Waals surface area contributed by atoms with Gasteiger partial charge in [0.15, 0.2) is 0 Å². The Morgan fingerprint density at radius 3 is 2.88 bits per heavy atom. The number of hydrogen-bond acceptors (Lipinski definition) is 4. The molecular weight excluding hydrogens is 226 g/mol. The molecule has 2 heterocycles. The van der Waals surface area contributed by atoms with Crippen LogP contribution in [0, 0.1) is 18.3 Å². The van der Waals surface area contributed by atoms with Crippen molar-refractivity contribution in [1.29, 1.82) is 5.26 Å². The van der Waals surface area contributed by atoms with Gasteiger partial charge in [0.1, 0.15) is 17.1 Å². The Morgan fingerprint density at radius 1 is 1.50 bits per heavy atom. The Bertz CT molecular complexity index is 604. The maximum Gasteiger partial charge on any atom is 0.216 e. The molecule has 0 aromatic carbocycles. The van der Waals surface area contributed by atoms with Gasteiger partial charge in [-0.2, -0.15) is 5.26 Å². The van der Waals surface area contributed by atoms with Crippen molar-refractivity contribution >= 4 is 22.6 Å². The van der Waals surface area contributed by atoms with Gasteiger partial charge >= 0.3 is 0 Å². The van der Waals surface area contributed by atoms with Gasteiger partial charge in [0.05, 0.1) is 17.6 Å². The van der Waals surface area contributed by atoms with Crippen LogP contribution in [-0.2, 0) is 0 Å². The molecule has 80 valence electrons. The summed E-state index contributed by atoms with van der Waals surface area (Å²) >= 11 is 5.87. The van der Waals surface area contributed by atoms with Gasteiger partial charge in [-0.1, -0.05) is 11.6 Å². The molecule has 0 spiro atoms. The van der Waals surface area contributed by atoms with Crippen molar-refractivity contribution < 1.29 is 4.74 Å². The Kier molecular flexibility index (Phi) is 2.63. The van der Waals surface area contributed by atoms with E-state index in [4.69, 9.17) is 21.6 Å². The average Bonchev–Trinajstić information content (AvgIpc) is 2.28. The van der Waals surface area contributed by atoms with Gasteiger partial charge in [-0.25, -0.2) is 4.98 Å². The van der Waals surface area contributed by atoms with Gasteiger partial charge in [-0.15, -0.1) is 0 Å². The molecule has 0 amide bonds. The van der Waals surface area contributed by atoms with E-state index in [2.05, 4.69) is 9.97 Å². The van der Waals surface area contributed by atoms with Crippen LogP contribution in [0.4, 0.5) is 0 Å². The lowest BCUT2D eigenvalue weighted by Gasteiger charge is -2.06. The van der Waals surface area contributed by atoms with E-state index >= 15 is 0 Å². The van der Waals surface area contributed by atoms with E-state index in [0.717, 1.165) is 5.56 Å². The number of rotatable bonds is 1. The largest absolute Gasteiger partial charge is 0.481 e. The van der Waals surface area contributed by atoms with Crippen LogP contribution in [0.3, 0.4) is 0 Å². The van der Waals surface area contributed by atoms with Crippen LogP contribution < -0.4 is 4.74 Å². The lowest BCUT2D eigenvalue weighted by molar-refractivity contribution is 0.396. The second-order valence-corrected chi connectivity index (χ2v) is 3.68. The van der Waals surface area contributed by atoms with Crippen molar-refractivity contribution in [1.82, 2.24) is 9.97 Å². The predicted molar refractivity (Wildman–Crippen MR) is 60.6 cm³/mol. The van der Waals surface area contributed by atoms with Gasteiger partial charge in [-0.05, 0) is 13.0 Å². The zero-order valence-corrected chi connectivity index (χ0v) is 9.54. The number of methoxy groups -OCH3 is 1. The van der Waals surface area contributed by atoms with Crippen molar-refractivity contribution in [3.8, 4) is 11.9 Å². The maximum absolute atomic E-state index is 9.01. The normalized spacial score (nSPS) is 10.1. The van der Waals surface area contributed by atoms with Crippen LogP contribution in [0.5, 0.6) is 5.88 Å². The van der Waals surface area contributed by atoms with E-state index in [1.807, 2.05) is 19.1 Å². The number of nitrogens with zero attached hydrogens (tertiary/aromatic N) is 3. The Labute approximate surface area is 97.5 Å². The van der Waals surface area contributed by atoms with Gasteiger partial charge in [0, 0.05) is 11.8 Å². The number of aryl methyl sites for hydroxylation is 1. The van der Waals surface area contributed by atoms with Crippen molar-refractivity contribution in [2.45, 2.75) is 6.92 Å². The van der Waals surface area contributed by atoms with Crippen LogP contribution >= 0.6 is 11.6 Å². The fourth-order valence-electron chi connectivity index (χ4n) is 1.48. The van der Waals surface area contributed by atoms with Gasteiger partial charge in [0.2, 0.25) is 5.88 Å². The second-order valence-electron chi connectivity index (χ2n) is 3.28. The third kappa shape index (κ3) is 1.55. The highest BCUT2D eigenvalue weighted by Crippen LogP contribution is 2.26. The molecule has 0 N–H and O–H groups in total. The molecule has 0 saturated carbocycles. The molecule has 2 rings (SSSR count). The van der Waals surface area contributed by atoms with E-state index < -0.39 is 0 Å². The highest BCUT2D eigenvalue weighted by molar-refractivity contribution is 6.32. The predicted octanol–water partition coefficient (Wildman–Crippen LogP) is 2.47. The van der Waals surface area contributed by atoms with Crippen LogP contribution in [0.2, 0.25) is 5.02 Å². The molecule has 0 bridgehead atoms. The SMILES string of the molecule is COc1nc2c(C#N)c(Cl)cnc2cc1C. The third-order valence-corrected chi connectivity index (χ3v) is 2.53. The summed E-state index contributed by atoms with van der Waals surface area (Å²) in [5.74, 6) is 0.480. The standard InChI is InChI=1S/C11H8ClN3O/c1-6-3-9-10(15-11(6)16-2)7(4-13)8(12)5-14-9/h3,5H,1-2H3. The van der Waals surface area contributed by atoms with E-state index in [1.165, 1.54) is 13.3 Å². The maximum atomic E-state index is 9.01. The summed E-state index contributed by atoms with van der Waals surface area (Å²) in [5.41, 5.74) is 2.30. The summed E-state index contributed by atoms with van der Waals surface area (Å²) in [4.78, 5) is 8.36. The molecule has 4 nitrogen and oxygen atoms in total. The summed E-state index contributed by atoms with van der Waals surface area (Å²) in [6, 6.07) is 3.84. The molecule has 0 atom stereocenters. The van der Waals surface area contributed by atoms with Gasteiger partial charge in [-0.3, -0.25) is 4.98 Å². The average molecular weight is 234 g/mol. The molecular formula is C11H8ClN3O. The highest BCUT2D eigenvalue weighted by atomic mass is 35.5. The van der Waals surface area contributed by atoms with Crippen LogP contribution in [0.25, 0.3) is 11.0 Å². The first-order valence-corrected chi connectivity index (χ1v) is 4.95. The zero-order valence-electron chi connectivity index (χ0n) is 8.78. The minimum atomic E-state index is 0.299. The molecule has 0 aliphatic rings. The first kappa shape index (κ1) is 10.7. The third-order valence-electron chi connectivity index (χ3n) is 2.24. The number of halogens is 1. The highest BCUT2D eigenvalue weighted by Gasteiger charge is 2.11. The first-order valence-electron chi connectivity index (χ1n) is 4.57. The summed E-state index contributed by atoms with van der Waals surface area (Å²) in [6.45, 7) is 1.87. The second kappa shape index (κ2) is 3.95. The minimum Gasteiger partial charge on any atom is -0.481 e. The number of nitriles is 1. The van der Waals surface area contributed by atoms with Crippen molar-refractivity contribution in [3.05, 3.63) is 28.4 Å². The molecule has 0 saturated heterocycles. The molecule has 5 heteroatoms. The fourth-order valence-corrected chi connectivity index (χ4v) is 1.66. The lowest BCUT2D eigenvalue weighted by atomic mass is 10.2. The van der Waals surface area contributed by atoms with E-state index in [-0.39, 0.29) is 0 Å². The molecule has 16 heavy (non-hydrogen) atoms. The van der Waals surface area contributed by atoms with Gasteiger partial charge in [0.25, 0.3) is 0 Å². The van der Waals surface area contributed by atoms with Crippen molar-refractivity contribution in [3.63, 3.8) is 0 Å². The Balaban J connectivity index is 2.88. The van der Waals surface area contributed by atoms with E-state index in [0.29, 0.717) is 27.5 Å². The minimum absolute atomic E-state index is 0.299. The Morgan fingerprint density at radius 2 is 2.25 bits per heavy atom. The summed E-state index contributed by atoms with van der Waals surface area (Å²) < 4.78 is 5.10. The van der Waals surface area contributed by atoms with E-state index in [1.54, 1.807) is 0 Å². The number of hydrogen-bond donors (Lipinski definition) is 0. The summed E-state index contributed by atoms with van der Waals surface area (Å²) in [6.07, 6.45) is 1.45. The number of aromatic nitrogens is 2.